The summed E-state index contributed by atoms with van der Waals surface area (Å²) in [6.45, 7) is 6.84. The van der Waals surface area contributed by atoms with Gasteiger partial charge in [0.25, 0.3) is 5.91 Å². The highest BCUT2D eigenvalue weighted by Gasteiger charge is 2.40. The van der Waals surface area contributed by atoms with Gasteiger partial charge >= 0.3 is 0 Å². The number of rotatable bonds is 4. The lowest BCUT2D eigenvalue weighted by Crippen LogP contribution is -2.43. The Hall–Kier alpha value is -2.72. The van der Waals surface area contributed by atoms with Crippen LogP contribution in [-0.4, -0.2) is 22.3 Å². The zero-order valence-corrected chi connectivity index (χ0v) is 16.6. The summed E-state index contributed by atoms with van der Waals surface area (Å²) in [5, 5.41) is 3.06. The summed E-state index contributed by atoms with van der Waals surface area (Å²) in [6, 6.07) is 20.1. The maximum absolute atomic E-state index is 13.3. The first-order valence-electron chi connectivity index (χ1n) is 9.07. The van der Waals surface area contributed by atoms with Gasteiger partial charge in [-0.25, -0.2) is 4.98 Å². The summed E-state index contributed by atoms with van der Waals surface area (Å²) in [7, 11) is 0. The third-order valence-corrected chi connectivity index (χ3v) is 6.06. The van der Waals surface area contributed by atoms with Gasteiger partial charge in [0.1, 0.15) is 5.01 Å². The lowest BCUT2D eigenvalue weighted by atomic mass is 9.98. The molecule has 0 unspecified atom stereocenters. The number of benzene rings is 2. The largest absolute Gasteiger partial charge is 0.324 e. The fourth-order valence-electron chi connectivity index (χ4n) is 3.54. The molecule has 1 aliphatic rings. The summed E-state index contributed by atoms with van der Waals surface area (Å²) < 4.78 is 0. The van der Waals surface area contributed by atoms with Crippen LogP contribution in [0.5, 0.6) is 0 Å². The SMILES string of the molecule is CC1=C(c2ccccc2)C(=O)N(C(C)(C)c2csc(-c3ccccc3)n2)C1. The monoisotopic (exact) mass is 374 g/mol. The van der Waals surface area contributed by atoms with Crippen molar-refractivity contribution in [2.24, 2.45) is 0 Å². The van der Waals surface area contributed by atoms with Crippen LogP contribution < -0.4 is 0 Å². The van der Waals surface area contributed by atoms with E-state index >= 15 is 0 Å². The van der Waals surface area contributed by atoms with E-state index in [0.717, 1.165) is 33.0 Å². The topological polar surface area (TPSA) is 33.2 Å². The van der Waals surface area contributed by atoms with Gasteiger partial charge in [0, 0.05) is 23.1 Å². The van der Waals surface area contributed by atoms with Crippen LogP contribution in [-0.2, 0) is 10.3 Å². The number of carbonyl (C=O) groups excluding carboxylic acids is 1. The quantitative estimate of drug-likeness (QED) is 0.616. The molecule has 0 radical (unpaired) electrons. The normalized spacial score (nSPS) is 14.9. The van der Waals surface area contributed by atoms with E-state index < -0.39 is 5.54 Å². The van der Waals surface area contributed by atoms with Gasteiger partial charge in [-0.2, -0.15) is 0 Å². The van der Waals surface area contributed by atoms with Crippen LogP contribution in [0.25, 0.3) is 16.1 Å². The predicted octanol–water partition coefficient (Wildman–Crippen LogP) is 5.36. The molecule has 0 saturated heterocycles. The van der Waals surface area contributed by atoms with Crippen molar-refractivity contribution in [3.05, 3.63) is 82.9 Å². The predicted molar refractivity (Wildman–Crippen MR) is 111 cm³/mol. The minimum absolute atomic E-state index is 0.0814. The Bertz CT molecular complexity index is 1000. The smallest absolute Gasteiger partial charge is 0.255 e. The third kappa shape index (κ3) is 3.10. The first-order chi connectivity index (χ1) is 13.0. The number of hydrogen-bond acceptors (Lipinski definition) is 3. The van der Waals surface area contributed by atoms with Crippen molar-refractivity contribution in [1.29, 1.82) is 0 Å². The van der Waals surface area contributed by atoms with Crippen LogP contribution >= 0.6 is 11.3 Å². The highest BCUT2D eigenvalue weighted by molar-refractivity contribution is 7.13. The molecule has 0 aliphatic carbocycles. The molecule has 2 aromatic carbocycles. The van der Waals surface area contributed by atoms with Gasteiger partial charge in [0.15, 0.2) is 0 Å². The second-order valence-electron chi connectivity index (χ2n) is 7.38. The molecule has 1 amide bonds. The molecule has 1 aliphatic heterocycles. The summed E-state index contributed by atoms with van der Waals surface area (Å²) in [4.78, 5) is 20.1. The lowest BCUT2D eigenvalue weighted by molar-refractivity contribution is -0.128. The van der Waals surface area contributed by atoms with Crippen molar-refractivity contribution >= 4 is 22.8 Å². The average molecular weight is 375 g/mol. The van der Waals surface area contributed by atoms with Gasteiger partial charge in [-0.1, -0.05) is 60.7 Å². The fraction of sp³-hybridized carbons (Fsp3) is 0.217. The number of thiazole rings is 1. The first kappa shape index (κ1) is 17.7. The zero-order chi connectivity index (χ0) is 19.0. The Balaban J connectivity index is 1.64. The highest BCUT2D eigenvalue weighted by atomic mass is 32.1. The van der Waals surface area contributed by atoms with Crippen molar-refractivity contribution < 1.29 is 4.79 Å². The molecule has 0 atom stereocenters. The molecule has 0 N–H and O–H groups in total. The van der Waals surface area contributed by atoms with Gasteiger partial charge in [-0.15, -0.1) is 11.3 Å². The molecule has 0 bridgehead atoms. The van der Waals surface area contributed by atoms with Gasteiger partial charge < -0.3 is 4.90 Å². The van der Waals surface area contributed by atoms with E-state index in [2.05, 4.69) is 31.4 Å². The van der Waals surface area contributed by atoms with E-state index in [4.69, 9.17) is 4.98 Å². The Morgan fingerprint density at radius 3 is 2.19 bits per heavy atom. The molecule has 136 valence electrons. The van der Waals surface area contributed by atoms with Crippen molar-refractivity contribution in [2.75, 3.05) is 6.54 Å². The number of nitrogens with zero attached hydrogens (tertiary/aromatic N) is 2. The van der Waals surface area contributed by atoms with E-state index in [0.29, 0.717) is 6.54 Å². The number of aromatic nitrogens is 1. The summed E-state index contributed by atoms with van der Waals surface area (Å²) in [5.74, 6) is 0.0814. The second kappa shape index (κ2) is 6.78. The van der Waals surface area contributed by atoms with Crippen molar-refractivity contribution in [3.8, 4) is 10.6 Å². The Kier molecular flexibility index (Phi) is 4.44. The molecular formula is C23H22N2OS. The highest BCUT2D eigenvalue weighted by Crippen LogP contribution is 2.38. The van der Waals surface area contributed by atoms with E-state index in [1.54, 1.807) is 11.3 Å². The lowest BCUT2D eigenvalue weighted by Gasteiger charge is -2.34. The van der Waals surface area contributed by atoms with Crippen LogP contribution in [0, 0.1) is 0 Å². The Labute approximate surface area is 164 Å². The molecule has 4 heteroatoms. The van der Waals surface area contributed by atoms with Crippen LogP contribution in [0.3, 0.4) is 0 Å². The Morgan fingerprint density at radius 2 is 1.56 bits per heavy atom. The van der Waals surface area contributed by atoms with Crippen molar-refractivity contribution in [1.82, 2.24) is 9.88 Å². The molecule has 1 aromatic heterocycles. The number of carbonyl (C=O) groups is 1. The molecule has 3 nitrogen and oxygen atoms in total. The molecule has 2 heterocycles. The minimum Gasteiger partial charge on any atom is -0.324 e. The zero-order valence-electron chi connectivity index (χ0n) is 15.8. The van der Waals surface area contributed by atoms with Gasteiger partial charge in [0.05, 0.1) is 11.2 Å². The van der Waals surface area contributed by atoms with E-state index in [9.17, 15) is 4.79 Å². The summed E-state index contributed by atoms with van der Waals surface area (Å²) >= 11 is 1.62. The van der Waals surface area contributed by atoms with Crippen LogP contribution in [0.4, 0.5) is 0 Å². The number of hydrogen-bond donors (Lipinski definition) is 0. The van der Waals surface area contributed by atoms with E-state index in [1.807, 2.05) is 60.4 Å². The maximum atomic E-state index is 13.3. The molecular weight excluding hydrogens is 352 g/mol. The molecule has 27 heavy (non-hydrogen) atoms. The molecule has 0 saturated carbocycles. The van der Waals surface area contributed by atoms with E-state index in [1.165, 1.54) is 0 Å². The molecule has 3 aromatic rings. The number of amides is 1. The first-order valence-corrected chi connectivity index (χ1v) is 9.95. The van der Waals surface area contributed by atoms with Gasteiger partial charge in [0.2, 0.25) is 0 Å². The summed E-state index contributed by atoms with van der Waals surface area (Å²) in [6.07, 6.45) is 0. The van der Waals surface area contributed by atoms with Crippen LogP contribution in [0.15, 0.2) is 71.6 Å². The third-order valence-electron chi connectivity index (χ3n) is 5.17. The van der Waals surface area contributed by atoms with Gasteiger partial charge in [-0.05, 0) is 31.9 Å². The summed E-state index contributed by atoms with van der Waals surface area (Å²) in [5.41, 5.74) is 4.48. The minimum atomic E-state index is -0.474. The Morgan fingerprint density at radius 1 is 0.963 bits per heavy atom. The standard InChI is InChI=1S/C23H22N2OS/c1-16-14-25(22(26)20(16)17-10-6-4-7-11-17)23(2,3)19-15-27-21(24-19)18-12-8-5-9-13-18/h4-13,15H,14H2,1-3H3. The van der Waals surface area contributed by atoms with Crippen molar-refractivity contribution in [2.45, 2.75) is 26.3 Å². The van der Waals surface area contributed by atoms with E-state index in [-0.39, 0.29) is 5.91 Å². The molecule has 0 fully saturated rings. The average Bonchev–Trinajstić information content (AvgIpc) is 3.29. The molecule has 4 rings (SSSR count). The van der Waals surface area contributed by atoms with Crippen LogP contribution in [0.2, 0.25) is 0 Å². The van der Waals surface area contributed by atoms with Crippen molar-refractivity contribution in [3.63, 3.8) is 0 Å². The molecule has 0 spiro atoms. The maximum Gasteiger partial charge on any atom is 0.255 e. The van der Waals surface area contributed by atoms with Gasteiger partial charge in [-0.3, -0.25) is 4.79 Å². The van der Waals surface area contributed by atoms with Crippen LogP contribution in [0.1, 0.15) is 32.0 Å². The fourth-order valence-corrected chi connectivity index (χ4v) is 4.53. The second-order valence-corrected chi connectivity index (χ2v) is 8.23.